The van der Waals surface area contributed by atoms with Gasteiger partial charge in [-0.3, -0.25) is 4.79 Å². The highest BCUT2D eigenvalue weighted by Gasteiger charge is 2.12. The van der Waals surface area contributed by atoms with Gasteiger partial charge in [0.25, 0.3) is 5.91 Å². The maximum atomic E-state index is 12.5. The molecule has 192 valence electrons. The summed E-state index contributed by atoms with van der Waals surface area (Å²) in [5, 5.41) is 5.59. The van der Waals surface area contributed by atoms with Crippen molar-refractivity contribution >= 4 is 68.8 Å². The number of benzene rings is 4. The molecule has 0 aliphatic rings. The molecule has 0 aromatic heterocycles. The van der Waals surface area contributed by atoms with Crippen LogP contribution in [0.4, 0.5) is 0 Å². The van der Waals surface area contributed by atoms with E-state index in [1.165, 1.54) is 6.21 Å². The summed E-state index contributed by atoms with van der Waals surface area (Å²) in [5.74, 6) is -0.141. The maximum absolute atomic E-state index is 12.5. The normalized spacial score (nSPS) is 10.8. The second-order valence-electron chi connectivity index (χ2n) is 7.83. The predicted molar refractivity (Wildman–Crippen MR) is 153 cm³/mol. The Morgan fingerprint density at radius 1 is 0.842 bits per heavy atom. The first kappa shape index (κ1) is 27.7. The fraction of sp³-hybridized carbons (Fsp3) is 0.0357. The van der Waals surface area contributed by atoms with Crippen molar-refractivity contribution in [1.82, 2.24) is 5.43 Å². The summed E-state index contributed by atoms with van der Waals surface area (Å²) in [6, 6.07) is 23.1. The van der Waals surface area contributed by atoms with Crippen LogP contribution in [0.25, 0.3) is 0 Å². The lowest BCUT2D eigenvalue weighted by atomic mass is 10.2. The van der Waals surface area contributed by atoms with Gasteiger partial charge >= 0.3 is 5.97 Å². The SMILES string of the molecule is O=C(N/N=C/c1cc(Br)ccc1OC(=O)c1ccc(Cl)cc1)c1ccc(OCc2ccc(Cl)cc2Cl)cc1. The van der Waals surface area contributed by atoms with Crippen LogP contribution >= 0.6 is 50.7 Å². The van der Waals surface area contributed by atoms with Crippen molar-refractivity contribution in [2.75, 3.05) is 0 Å². The molecule has 0 aliphatic heterocycles. The second kappa shape index (κ2) is 12.9. The third-order valence-corrected chi connectivity index (χ3v) is 6.48. The van der Waals surface area contributed by atoms with Crippen LogP contribution in [0.5, 0.6) is 11.5 Å². The molecule has 0 saturated heterocycles. The summed E-state index contributed by atoms with van der Waals surface area (Å²) in [6.45, 7) is 0.253. The van der Waals surface area contributed by atoms with E-state index in [1.54, 1.807) is 84.9 Å². The van der Waals surface area contributed by atoms with E-state index < -0.39 is 11.9 Å². The molecule has 1 N–H and O–H groups in total. The van der Waals surface area contributed by atoms with Crippen molar-refractivity contribution in [3.63, 3.8) is 0 Å². The molecule has 0 unspecified atom stereocenters. The molecule has 0 saturated carbocycles. The molecule has 0 heterocycles. The van der Waals surface area contributed by atoms with E-state index in [-0.39, 0.29) is 12.4 Å². The van der Waals surface area contributed by atoms with Crippen LogP contribution in [0.2, 0.25) is 15.1 Å². The number of nitrogens with one attached hydrogen (secondary N) is 1. The minimum Gasteiger partial charge on any atom is -0.489 e. The Labute approximate surface area is 242 Å². The predicted octanol–water partition coefficient (Wildman–Crippen LogP) is 7.97. The van der Waals surface area contributed by atoms with E-state index in [0.29, 0.717) is 37.5 Å². The molecular formula is C28H18BrCl3N2O4. The lowest BCUT2D eigenvalue weighted by Gasteiger charge is -2.09. The maximum Gasteiger partial charge on any atom is 0.343 e. The average Bonchev–Trinajstić information content (AvgIpc) is 2.90. The number of carbonyl (C=O) groups excluding carboxylic acids is 2. The largest absolute Gasteiger partial charge is 0.489 e. The van der Waals surface area contributed by atoms with Crippen molar-refractivity contribution in [2.24, 2.45) is 5.10 Å². The van der Waals surface area contributed by atoms with Gasteiger partial charge in [0, 0.05) is 36.2 Å². The van der Waals surface area contributed by atoms with Crippen molar-refractivity contribution in [1.29, 1.82) is 0 Å². The topological polar surface area (TPSA) is 77.0 Å². The van der Waals surface area contributed by atoms with Crippen molar-refractivity contribution in [3.8, 4) is 11.5 Å². The molecule has 0 spiro atoms. The molecule has 0 radical (unpaired) electrons. The minimum absolute atomic E-state index is 0.253. The number of carbonyl (C=O) groups is 2. The zero-order chi connectivity index (χ0) is 27.1. The van der Waals surface area contributed by atoms with Crippen molar-refractivity contribution in [3.05, 3.63) is 127 Å². The van der Waals surface area contributed by atoms with Crippen LogP contribution in [0.1, 0.15) is 31.8 Å². The molecule has 0 bridgehead atoms. The van der Waals surface area contributed by atoms with Gasteiger partial charge in [-0.15, -0.1) is 0 Å². The zero-order valence-electron chi connectivity index (χ0n) is 19.5. The highest BCUT2D eigenvalue weighted by atomic mass is 79.9. The van der Waals surface area contributed by atoms with Gasteiger partial charge in [-0.25, -0.2) is 10.2 Å². The number of ether oxygens (including phenoxy) is 2. The highest BCUT2D eigenvalue weighted by Crippen LogP contribution is 2.24. The number of esters is 1. The van der Waals surface area contributed by atoms with E-state index in [1.807, 2.05) is 0 Å². The molecule has 0 atom stereocenters. The lowest BCUT2D eigenvalue weighted by molar-refractivity contribution is 0.0734. The second-order valence-corrected chi connectivity index (χ2v) is 10.0. The van der Waals surface area contributed by atoms with E-state index >= 15 is 0 Å². The van der Waals surface area contributed by atoms with Gasteiger partial charge in [0.15, 0.2) is 0 Å². The first-order valence-electron chi connectivity index (χ1n) is 11.1. The number of halogens is 4. The molecule has 10 heteroatoms. The van der Waals surface area contributed by atoms with Crippen LogP contribution < -0.4 is 14.9 Å². The molecule has 4 aromatic rings. The van der Waals surface area contributed by atoms with Crippen LogP contribution in [-0.2, 0) is 6.61 Å². The molecule has 0 fully saturated rings. The van der Waals surface area contributed by atoms with Crippen LogP contribution in [0, 0.1) is 0 Å². The number of nitrogens with zero attached hydrogens (tertiary/aromatic N) is 1. The Balaban J connectivity index is 1.36. The van der Waals surface area contributed by atoms with Gasteiger partial charge in [-0.05, 0) is 78.9 Å². The Kier molecular flexibility index (Phi) is 9.42. The number of hydrazone groups is 1. The van der Waals surface area contributed by atoms with Crippen molar-refractivity contribution in [2.45, 2.75) is 6.61 Å². The summed E-state index contributed by atoms with van der Waals surface area (Å²) >= 11 is 21.3. The first-order chi connectivity index (χ1) is 18.3. The Hall–Kier alpha value is -3.36. The van der Waals surface area contributed by atoms with Gasteiger partial charge in [0.1, 0.15) is 18.1 Å². The number of amides is 1. The standard InChI is InChI=1S/C28H18BrCl3N2O4/c29-21-6-12-26(38-28(36)18-1-7-22(30)8-2-18)20(13-21)15-33-34-27(35)17-4-10-24(11-5-17)37-16-19-3-9-23(31)14-25(19)32/h1-15H,16H2,(H,34,35)/b33-15+. The van der Waals surface area contributed by atoms with E-state index in [2.05, 4.69) is 26.5 Å². The molecule has 4 rings (SSSR count). The number of hydrogen-bond donors (Lipinski definition) is 1. The Bertz CT molecular complexity index is 1490. The Morgan fingerprint density at radius 3 is 2.24 bits per heavy atom. The molecular weight excluding hydrogens is 615 g/mol. The Morgan fingerprint density at radius 2 is 1.53 bits per heavy atom. The average molecular weight is 633 g/mol. The van der Waals surface area contributed by atoms with Crippen LogP contribution in [-0.4, -0.2) is 18.1 Å². The third-order valence-electron chi connectivity index (χ3n) is 5.15. The quantitative estimate of drug-likeness (QED) is 0.0925. The van der Waals surface area contributed by atoms with Crippen LogP contribution in [0.3, 0.4) is 0 Å². The summed E-state index contributed by atoms with van der Waals surface area (Å²) < 4.78 is 12.0. The molecule has 0 aliphatic carbocycles. The summed E-state index contributed by atoms with van der Waals surface area (Å²) in [5.41, 5.74) is 4.45. The highest BCUT2D eigenvalue weighted by molar-refractivity contribution is 9.10. The summed E-state index contributed by atoms with van der Waals surface area (Å²) in [6.07, 6.45) is 1.39. The van der Waals surface area contributed by atoms with Gasteiger partial charge in [0.2, 0.25) is 0 Å². The van der Waals surface area contributed by atoms with Gasteiger partial charge < -0.3 is 9.47 Å². The lowest BCUT2D eigenvalue weighted by Crippen LogP contribution is -2.17. The fourth-order valence-corrected chi connectivity index (χ4v) is 4.15. The fourth-order valence-electron chi connectivity index (χ4n) is 3.19. The van der Waals surface area contributed by atoms with Crippen LogP contribution in [0.15, 0.2) is 94.5 Å². The van der Waals surface area contributed by atoms with Gasteiger partial charge in [-0.2, -0.15) is 5.10 Å². The third kappa shape index (κ3) is 7.58. The van der Waals surface area contributed by atoms with Crippen molar-refractivity contribution < 1.29 is 19.1 Å². The monoisotopic (exact) mass is 630 g/mol. The van der Waals surface area contributed by atoms with Gasteiger partial charge in [0.05, 0.1) is 11.8 Å². The molecule has 6 nitrogen and oxygen atoms in total. The minimum atomic E-state index is -0.552. The number of hydrogen-bond acceptors (Lipinski definition) is 5. The van der Waals surface area contributed by atoms with Gasteiger partial charge in [-0.1, -0.05) is 56.8 Å². The molecule has 38 heavy (non-hydrogen) atoms. The zero-order valence-corrected chi connectivity index (χ0v) is 23.3. The van der Waals surface area contributed by atoms with E-state index in [0.717, 1.165) is 10.0 Å². The molecule has 1 amide bonds. The summed E-state index contributed by atoms with van der Waals surface area (Å²) in [4.78, 5) is 25.0. The van der Waals surface area contributed by atoms with E-state index in [4.69, 9.17) is 44.3 Å². The smallest absolute Gasteiger partial charge is 0.343 e. The van der Waals surface area contributed by atoms with E-state index in [9.17, 15) is 9.59 Å². The summed E-state index contributed by atoms with van der Waals surface area (Å²) in [7, 11) is 0. The first-order valence-corrected chi connectivity index (χ1v) is 13.0. The molecule has 4 aromatic carbocycles. The number of rotatable bonds is 8.